The zero-order valence-corrected chi connectivity index (χ0v) is 14.0. The fourth-order valence-corrected chi connectivity index (χ4v) is 3.06. The van der Waals surface area contributed by atoms with Crippen molar-refractivity contribution in [3.8, 4) is 0 Å². The van der Waals surface area contributed by atoms with Crippen LogP contribution in [0.25, 0.3) is 0 Å². The Morgan fingerprint density at radius 2 is 1.86 bits per heavy atom. The van der Waals surface area contributed by atoms with E-state index in [0.717, 1.165) is 18.7 Å². The van der Waals surface area contributed by atoms with E-state index in [1.165, 1.54) is 22.9 Å². The molecule has 0 spiro atoms. The number of hydrogen-bond donors (Lipinski definition) is 0. The number of benzene rings is 1. The Morgan fingerprint density at radius 1 is 1.24 bits per heavy atom. The van der Waals surface area contributed by atoms with E-state index in [1.807, 2.05) is 17.6 Å². The van der Waals surface area contributed by atoms with Crippen LogP contribution in [0.3, 0.4) is 0 Å². The molecule has 0 amide bonds. The molecule has 0 fully saturated rings. The lowest BCUT2D eigenvalue weighted by Crippen LogP contribution is -2.06. The van der Waals surface area contributed by atoms with Crippen LogP contribution in [0.5, 0.6) is 0 Å². The van der Waals surface area contributed by atoms with Crippen LogP contribution >= 0.6 is 10.7 Å². The predicted octanol–water partition coefficient (Wildman–Crippen LogP) is 3.43. The van der Waals surface area contributed by atoms with Gasteiger partial charge in [-0.15, -0.1) is 0 Å². The van der Waals surface area contributed by atoms with E-state index in [1.54, 1.807) is 0 Å². The van der Waals surface area contributed by atoms with Crippen LogP contribution in [0.1, 0.15) is 35.9 Å². The molecule has 1 aromatic carbocycles. The number of imidazole rings is 1. The van der Waals surface area contributed by atoms with Crippen molar-refractivity contribution in [1.29, 1.82) is 0 Å². The molecule has 0 radical (unpaired) electrons. The second kappa shape index (κ2) is 6.20. The van der Waals surface area contributed by atoms with Gasteiger partial charge in [-0.1, -0.05) is 25.1 Å². The molecule has 0 bridgehead atoms. The maximum Gasteiger partial charge on any atom is 0.280 e. The quantitative estimate of drug-likeness (QED) is 0.791. The highest BCUT2D eigenvalue weighted by molar-refractivity contribution is 8.13. The minimum absolute atomic E-state index is 0.0705. The molecule has 0 aliphatic heterocycles. The van der Waals surface area contributed by atoms with Crippen LogP contribution in [-0.4, -0.2) is 18.0 Å². The first-order valence-corrected chi connectivity index (χ1v) is 9.19. The fraction of sp³-hybridized carbons (Fsp3) is 0.400. The summed E-state index contributed by atoms with van der Waals surface area (Å²) < 4.78 is 24.8. The van der Waals surface area contributed by atoms with E-state index in [4.69, 9.17) is 10.7 Å². The van der Waals surface area contributed by atoms with Crippen LogP contribution in [0.4, 0.5) is 0 Å². The smallest absolute Gasteiger partial charge is 0.280 e. The Kier molecular flexibility index (Phi) is 4.74. The van der Waals surface area contributed by atoms with Gasteiger partial charge in [-0.3, -0.25) is 0 Å². The number of halogens is 1. The van der Waals surface area contributed by atoms with Gasteiger partial charge in [0.25, 0.3) is 9.05 Å². The van der Waals surface area contributed by atoms with Gasteiger partial charge in [0, 0.05) is 29.8 Å². The summed E-state index contributed by atoms with van der Waals surface area (Å²) in [7, 11) is 1.61. The van der Waals surface area contributed by atoms with E-state index in [-0.39, 0.29) is 5.03 Å². The summed E-state index contributed by atoms with van der Waals surface area (Å²) in [6.07, 6.45) is 3.14. The minimum atomic E-state index is -3.80. The first-order valence-electron chi connectivity index (χ1n) is 6.88. The third kappa shape index (κ3) is 3.66. The molecule has 0 N–H and O–H groups in total. The molecule has 21 heavy (non-hydrogen) atoms. The molecule has 4 nitrogen and oxygen atoms in total. The van der Waals surface area contributed by atoms with Crippen molar-refractivity contribution in [2.45, 2.75) is 45.2 Å². The third-order valence-electron chi connectivity index (χ3n) is 3.53. The van der Waals surface area contributed by atoms with Crippen LogP contribution in [-0.2, 0) is 22.0 Å². The average Bonchev–Trinajstić information content (AvgIpc) is 2.78. The highest BCUT2D eigenvalue weighted by Crippen LogP contribution is 2.20. The lowest BCUT2D eigenvalue weighted by Gasteiger charge is -2.12. The Morgan fingerprint density at radius 3 is 2.38 bits per heavy atom. The van der Waals surface area contributed by atoms with Crippen LogP contribution in [0.15, 0.2) is 29.4 Å². The standard InChI is InChI=1S/C15H19ClN2O2S/c1-4-6-14-17-15(21(16,19)20)10-18(14)9-13-11(2)7-5-8-12(13)3/h5,7-8,10H,4,6,9H2,1-3H3. The molecule has 114 valence electrons. The van der Waals surface area contributed by atoms with Gasteiger partial charge >= 0.3 is 0 Å². The second-order valence-corrected chi connectivity index (χ2v) is 7.69. The van der Waals surface area contributed by atoms with Crippen LogP contribution in [0.2, 0.25) is 0 Å². The monoisotopic (exact) mass is 326 g/mol. The van der Waals surface area contributed by atoms with Crippen molar-refractivity contribution in [3.63, 3.8) is 0 Å². The topological polar surface area (TPSA) is 52.0 Å². The Balaban J connectivity index is 2.46. The highest BCUT2D eigenvalue weighted by atomic mass is 35.7. The molecule has 1 aromatic heterocycles. The number of hydrogen-bond acceptors (Lipinski definition) is 3. The van der Waals surface area contributed by atoms with Gasteiger partial charge < -0.3 is 4.57 Å². The summed E-state index contributed by atoms with van der Waals surface area (Å²) in [6.45, 7) is 6.75. The number of aryl methyl sites for hydroxylation is 3. The second-order valence-electron chi connectivity index (χ2n) is 5.18. The van der Waals surface area contributed by atoms with Crippen molar-refractivity contribution < 1.29 is 8.42 Å². The normalized spacial score (nSPS) is 11.8. The van der Waals surface area contributed by atoms with Crippen molar-refractivity contribution in [2.75, 3.05) is 0 Å². The molecule has 0 unspecified atom stereocenters. The number of rotatable bonds is 5. The SMILES string of the molecule is CCCc1nc(S(=O)(=O)Cl)cn1Cc1c(C)cccc1C. The van der Waals surface area contributed by atoms with Crippen molar-refractivity contribution in [1.82, 2.24) is 9.55 Å². The molecular weight excluding hydrogens is 308 g/mol. The molecule has 0 saturated heterocycles. The molecule has 0 saturated carbocycles. The Labute approximate surface area is 130 Å². The van der Waals surface area contributed by atoms with Gasteiger partial charge in [-0.05, 0) is 37.0 Å². The molecule has 6 heteroatoms. The lowest BCUT2D eigenvalue weighted by molar-refractivity contribution is 0.606. The maximum atomic E-state index is 11.5. The summed E-state index contributed by atoms with van der Waals surface area (Å²) in [5, 5.41) is -0.0705. The van der Waals surface area contributed by atoms with Crippen LogP contribution < -0.4 is 0 Å². The molecular formula is C15H19ClN2O2S. The molecule has 0 atom stereocenters. The van der Waals surface area contributed by atoms with E-state index < -0.39 is 9.05 Å². The summed E-state index contributed by atoms with van der Waals surface area (Å²) in [5.41, 5.74) is 3.55. The molecule has 2 aromatic rings. The van der Waals surface area contributed by atoms with Gasteiger partial charge in [0.2, 0.25) is 0 Å². The average molecular weight is 327 g/mol. The molecule has 0 aliphatic carbocycles. The largest absolute Gasteiger partial charge is 0.329 e. The maximum absolute atomic E-state index is 11.5. The van der Waals surface area contributed by atoms with Gasteiger partial charge in [0.05, 0.1) is 0 Å². The van der Waals surface area contributed by atoms with Gasteiger partial charge in [0.1, 0.15) is 5.82 Å². The first kappa shape index (κ1) is 16.0. The molecule has 1 heterocycles. The third-order valence-corrected chi connectivity index (χ3v) is 4.70. The van der Waals surface area contributed by atoms with E-state index >= 15 is 0 Å². The number of aromatic nitrogens is 2. The van der Waals surface area contributed by atoms with Gasteiger partial charge in [0.15, 0.2) is 5.03 Å². The first-order chi connectivity index (χ1) is 9.82. The minimum Gasteiger partial charge on any atom is -0.329 e. The van der Waals surface area contributed by atoms with Crippen molar-refractivity contribution in [2.24, 2.45) is 0 Å². The van der Waals surface area contributed by atoms with E-state index in [0.29, 0.717) is 6.54 Å². The highest BCUT2D eigenvalue weighted by Gasteiger charge is 2.18. The zero-order chi connectivity index (χ0) is 15.6. The molecule has 0 aliphatic rings. The lowest BCUT2D eigenvalue weighted by atomic mass is 10.0. The number of nitrogens with zero attached hydrogens (tertiary/aromatic N) is 2. The Hall–Kier alpha value is -1.33. The summed E-state index contributed by atoms with van der Waals surface area (Å²) in [5.74, 6) is 0.749. The summed E-state index contributed by atoms with van der Waals surface area (Å²) in [6, 6.07) is 6.12. The predicted molar refractivity (Wildman–Crippen MR) is 84.3 cm³/mol. The van der Waals surface area contributed by atoms with Gasteiger partial charge in [-0.2, -0.15) is 0 Å². The summed E-state index contributed by atoms with van der Waals surface area (Å²) in [4.78, 5) is 4.17. The van der Waals surface area contributed by atoms with Crippen LogP contribution in [0, 0.1) is 13.8 Å². The van der Waals surface area contributed by atoms with Crippen molar-refractivity contribution in [3.05, 3.63) is 46.9 Å². The summed E-state index contributed by atoms with van der Waals surface area (Å²) >= 11 is 0. The fourth-order valence-electron chi connectivity index (χ4n) is 2.37. The Bertz CT molecular complexity index is 731. The van der Waals surface area contributed by atoms with Gasteiger partial charge in [-0.25, -0.2) is 13.4 Å². The zero-order valence-electron chi connectivity index (χ0n) is 12.4. The van der Waals surface area contributed by atoms with E-state index in [9.17, 15) is 8.42 Å². The van der Waals surface area contributed by atoms with E-state index in [2.05, 4.69) is 31.0 Å². The van der Waals surface area contributed by atoms with Crippen molar-refractivity contribution >= 4 is 19.7 Å². The molecule has 2 rings (SSSR count).